The van der Waals surface area contributed by atoms with Gasteiger partial charge >= 0.3 is 0 Å². The minimum atomic E-state index is 0.598. The van der Waals surface area contributed by atoms with Gasteiger partial charge < -0.3 is 15.0 Å². The molecular weight excluding hydrogens is 178 g/mol. The Labute approximate surface area is 84.1 Å². The van der Waals surface area contributed by atoms with Crippen LogP contribution in [0, 0.1) is 0 Å². The third-order valence-electron chi connectivity index (χ3n) is 2.59. The molecule has 2 N–H and O–H groups in total. The van der Waals surface area contributed by atoms with Crippen LogP contribution in [0.1, 0.15) is 25.0 Å². The van der Waals surface area contributed by atoms with Gasteiger partial charge in [0, 0.05) is 37.7 Å². The molecule has 1 aromatic heterocycles. The Kier molecular flexibility index (Phi) is 3.54. The zero-order chi connectivity index (χ0) is 9.64. The summed E-state index contributed by atoms with van der Waals surface area (Å²) < 4.78 is 5.40. The maximum Gasteiger partial charge on any atom is 0.0922 e. The zero-order valence-electron chi connectivity index (χ0n) is 8.33. The number of aromatic nitrogens is 2. The molecule has 2 rings (SSSR count). The monoisotopic (exact) mass is 195 g/mol. The van der Waals surface area contributed by atoms with Crippen molar-refractivity contribution in [1.29, 1.82) is 0 Å². The number of aromatic amines is 1. The highest BCUT2D eigenvalue weighted by Crippen LogP contribution is 2.08. The molecule has 78 valence electrons. The fourth-order valence-corrected chi connectivity index (χ4v) is 1.74. The first-order valence-electron chi connectivity index (χ1n) is 5.23. The van der Waals surface area contributed by atoms with Gasteiger partial charge in [-0.25, -0.2) is 4.98 Å². The van der Waals surface area contributed by atoms with Crippen LogP contribution < -0.4 is 5.32 Å². The average molecular weight is 195 g/mol. The van der Waals surface area contributed by atoms with Crippen LogP contribution >= 0.6 is 0 Å². The van der Waals surface area contributed by atoms with Gasteiger partial charge in [0.15, 0.2) is 0 Å². The van der Waals surface area contributed by atoms with Crippen LogP contribution in [0.25, 0.3) is 0 Å². The van der Waals surface area contributed by atoms with Gasteiger partial charge in [0.05, 0.1) is 6.33 Å². The summed E-state index contributed by atoms with van der Waals surface area (Å²) in [6.45, 7) is 2.69. The first kappa shape index (κ1) is 9.68. The van der Waals surface area contributed by atoms with Gasteiger partial charge in [-0.15, -0.1) is 0 Å². The van der Waals surface area contributed by atoms with E-state index in [-0.39, 0.29) is 0 Å². The van der Waals surface area contributed by atoms with Gasteiger partial charge in [-0.2, -0.15) is 0 Å². The lowest BCUT2D eigenvalue weighted by Gasteiger charge is -2.14. The normalized spacial score (nSPS) is 23.3. The number of hydrogen-bond acceptors (Lipinski definition) is 3. The second-order valence-corrected chi connectivity index (χ2v) is 3.70. The molecule has 0 aromatic carbocycles. The van der Waals surface area contributed by atoms with Crippen LogP contribution in [0.3, 0.4) is 0 Å². The van der Waals surface area contributed by atoms with E-state index in [9.17, 15) is 0 Å². The third-order valence-corrected chi connectivity index (χ3v) is 2.59. The lowest BCUT2D eigenvalue weighted by molar-refractivity contribution is 0.142. The van der Waals surface area contributed by atoms with Crippen molar-refractivity contribution < 1.29 is 4.74 Å². The van der Waals surface area contributed by atoms with E-state index in [4.69, 9.17) is 4.74 Å². The summed E-state index contributed by atoms with van der Waals surface area (Å²) in [7, 11) is 0. The smallest absolute Gasteiger partial charge is 0.0922 e. The number of ether oxygens (including phenoxy) is 1. The highest BCUT2D eigenvalue weighted by atomic mass is 16.5. The van der Waals surface area contributed by atoms with Crippen LogP contribution in [-0.4, -0.2) is 29.2 Å². The first-order valence-corrected chi connectivity index (χ1v) is 5.23. The Morgan fingerprint density at radius 3 is 3.36 bits per heavy atom. The summed E-state index contributed by atoms with van der Waals surface area (Å²) in [6, 6.07) is 0.598. The van der Waals surface area contributed by atoms with E-state index >= 15 is 0 Å². The molecule has 2 heterocycles. The number of H-pyrrole nitrogens is 1. The molecule has 1 atom stereocenters. The molecule has 1 saturated heterocycles. The molecule has 1 aliphatic rings. The quantitative estimate of drug-likeness (QED) is 0.758. The predicted octanol–water partition coefficient (Wildman–Crippen LogP) is 1.07. The molecule has 0 aliphatic carbocycles. The average Bonchev–Trinajstić information content (AvgIpc) is 2.58. The standard InChI is InChI=1S/C10H17N3O/c1-2-9(3-5-14-4-1)12-7-10-6-11-8-13-10/h6,8-9,12H,1-5,7H2,(H,11,13). The summed E-state index contributed by atoms with van der Waals surface area (Å²) in [4.78, 5) is 7.07. The zero-order valence-corrected chi connectivity index (χ0v) is 8.33. The highest BCUT2D eigenvalue weighted by Gasteiger charge is 2.11. The van der Waals surface area contributed by atoms with E-state index in [0.717, 1.165) is 31.9 Å². The molecule has 14 heavy (non-hydrogen) atoms. The Hall–Kier alpha value is -0.870. The van der Waals surface area contributed by atoms with Crippen LogP contribution in [0.2, 0.25) is 0 Å². The molecule has 1 aliphatic heterocycles. The van der Waals surface area contributed by atoms with Gasteiger partial charge in [-0.3, -0.25) is 0 Å². The van der Waals surface area contributed by atoms with E-state index in [1.807, 2.05) is 6.20 Å². The molecule has 0 saturated carbocycles. The van der Waals surface area contributed by atoms with E-state index in [1.54, 1.807) is 6.33 Å². The minimum Gasteiger partial charge on any atom is -0.381 e. The fourth-order valence-electron chi connectivity index (χ4n) is 1.74. The Bertz CT molecular complexity index is 240. The lowest BCUT2D eigenvalue weighted by Crippen LogP contribution is -2.28. The van der Waals surface area contributed by atoms with Crippen molar-refractivity contribution in [3.63, 3.8) is 0 Å². The minimum absolute atomic E-state index is 0.598. The fraction of sp³-hybridized carbons (Fsp3) is 0.700. The predicted molar refractivity (Wildman–Crippen MR) is 53.9 cm³/mol. The second kappa shape index (κ2) is 5.12. The van der Waals surface area contributed by atoms with Gasteiger partial charge in [0.2, 0.25) is 0 Å². The molecule has 0 bridgehead atoms. The second-order valence-electron chi connectivity index (χ2n) is 3.70. The van der Waals surface area contributed by atoms with Gasteiger partial charge in [0.1, 0.15) is 0 Å². The molecule has 1 unspecified atom stereocenters. The van der Waals surface area contributed by atoms with Gasteiger partial charge in [0.25, 0.3) is 0 Å². The van der Waals surface area contributed by atoms with Crippen molar-refractivity contribution in [2.45, 2.75) is 31.8 Å². The lowest BCUT2D eigenvalue weighted by atomic mass is 10.1. The molecule has 0 amide bonds. The summed E-state index contributed by atoms with van der Waals surface area (Å²) in [5, 5.41) is 3.51. The summed E-state index contributed by atoms with van der Waals surface area (Å²) in [6.07, 6.45) is 7.08. The van der Waals surface area contributed by atoms with Crippen LogP contribution in [-0.2, 0) is 11.3 Å². The molecule has 0 radical (unpaired) electrons. The van der Waals surface area contributed by atoms with Crippen molar-refractivity contribution >= 4 is 0 Å². The van der Waals surface area contributed by atoms with Gasteiger partial charge in [-0.1, -0.05) is 0 Å². The SMILES string of the molecule is c1ncc(CNC2CCCOCC2)[nH]1. The highest BCUT2D eigenvalue weighted by molar-refractivity contribution is 4.93. The number of nitrogens with zero attached hydrogens (tertiary/aromatic N) is 1. The largest absolute Gasteiger partial charge is 0.381 e. The van der Waals surface area contributed by atoms with E-state index in [0.29, 0.717) is 6.04 Å². The van der Waals surface area contributed by atoms with Crippen molar-refractivity contribution in [2.75, 3.05) is 13.2 Å². The summed E-state index contributed by atoms with van der Waals surface area (Å²) in [5.74, 6) is 0. The molecule has 4 heteroatoms. The number of rotatable bonds is 3. The topological polar surface area (TPSA) is 49.9 Å². The molecule has 1 fully saturated rings. The van der Waals surface area contributed by atoms with Crippen molar-refractivity contribution in [1.82, 2.24) is 15.3 Å². The number of hydrogen-bond donors (Lipinski definition) is 2. The van der Waals surface area contributed by atoms with Crippen molar-refractivity contribution in [3.05, 3.63) is 18.2 Å². The number of imidazole rings is 1. The number of nitrogens with one attached hydrogen (secondary N) is 2. The Morgan fingerprint density at radius 2 is 2.50 bits per heavy atom. The van der Waals surface area contributed by atoms with Gasteiger partial charge in [-0.05, 0) is 19.3 Å². The van der Waals surface area contributed by atoms with Crippen LogP contribution in [0.15, 0.2) is 12.5 Å². The Balaban J connectivity index is 1.73. The molecule has 0 spiro atoms. The molecular formula is C10H17N3O. The summed E-state index contributed by atoms with van der Waals surface area (Å²) >= 11 is 0. The van der Waals surface area contributed by atoms with E-state index < -0.39 is 0 Å². The molecule has 1 aromatic rings. The van der Waals surface area contributed by atoms with Crippen LogP contribution in [0.4, 0.5) is 0 Å². The maximum atomic E-state index is 5.40. The summed E-state index contributed by atoms with van der Waals surface area (Å²) in [5.41, 5.74) is 1.15. The van der Waals surface area contributed by atoms with Crippen LogP contribution in [0.5, 0.6) is 0 Å². The third kappa shape index (κ3) is 2.82. The Morgan fingerprint density at radius 1 is 1.50 bits per heavy atom. The van der Waals surface area contributed by atoms with Crippen molar-refractivity contribution in [3.8, 4) is 0 Å². The molecule has 4 nitrogen and oxygen atoms in total. The first-order chi connectivity index (χ1) is 6.95. The van der Waals surface area contributed by atoms with E-state index in [2.05, 4.69) is 15.3 Å². The van der Waals surface area contributed by atoms with E-state index in [1.165, 1.54) is 12.8 Å². The van der Waals surface area contributed by atoms with Crippen molar-refractivity contribution in [2.24, 2.45) is 0 Å². The maximum absolute atomic E-state index is 5.40.